The lowest BCUT2D eigenvalue weighted by molar-refractivity contribution is 0.174. The van der Waals surface area contributed by atoms with Crippen molar-refractivity contribution in [2.24, 2.45) is 0 Å². The third-order valence-corrected chi connectivity index (χ3v) is 4.71. The first-order valence-corrected chi connectivity index (χ1v) is 7.78. The quantitative estimate of drug-likeness (QED) is 0.808. The van der Waals surface area contributed by atoms with Crippen molar-refractivity contribution in [2.45, 2.75) is 19.9 Å². The fourth-order valence-electron chi connectivity index (χ4n) is 3.26. The summed E-state index contributed by atoms with van der Waals surface area (Å²) in [5.41, 5.74) is 3.26. The number of ether oxygens (including phenoxy) is 2. The molecule has 1 aromatic heterocycles. The van der Waals surface area contributed by atoms with Gasteiger partial charge in [-0.2, -0.15) is 0 Å². The Morgan fingerprint density at radius 1 is 1.14 bits per heavy atom. The molecule has 116 valence electrons. The summed E-state index contributed by atoms with van der Waals surface area (Å²) in [5.74, 6) is 1.62. The molecule has 1 unspecified atom stereocenters. The first-order valence-electron chi connectivity index (χ1n) is 7.78. The van der Waals surface area contributed by atoms with Gasteiger partial charge in [-0.3, -0.25) is 4.98 Å². The van der Waals surface area contributed by atoms with Gasteiger partial charge in [-0.15, -0.1) is 0 Å². The molecule has 0 amide bonds. The highest BCUT2D eigenvalue weighted by atomic mass is 16.7. The summed E-state index contributed by atoms with van der Waals surface area (Å²) in [5, 5.41) is 1.15. The van der Waals surface area contributed by atoms with Crippen molar-refractivity contribution in [3.05, 3.63) is 23.9 Å². The average molecular weight is 299 g/mol. The first-order chi connectivity index (χ1) is 10.6. The largest absolute Gasteiger partial charge is 0.454 e. The second kappa shape index (κ2) is 5.02. The predicted molar refractivity (Wildman–Crippen MR) is 86.9 cm³/mol. The third kappa shape index (κ3) is 2.16. The number of piperazine rings is 1. The second-order valence-corrected chi connectivity index (χ2v) is 6.28. The lowest BCUT2D eigenvalue weighted by atomic mass is 10.1. The van der Waals surface area contributed by atoms with Crippen molar-refractivity contribution >= 4 is 16.6 Å². The van der Waals surface area contributed by atoms with Gasteiger partial charge in [0.25, 0.3) is 0 Å². The monoisotopic (exact) mass is 299 g/mol. The molecule has 2 aromatic rings. The molecule has 0 bridgehead atoms. The van der Waals surface area contributed by atoms with E-state index in [4.69, 9.17) is 9.47 Å². The van der Waals surface area contributed by atoms with Crippen LogP contribution in [0.25, 0.3) is 10.9 Å². The van der Waals surface area contributed by atoms with Crippen molar-refractivity contribution in [1.29, 1.82) is 0 Å². The summed E-state index contributed by atoms with van der Waals surface area (Å²) in [6, 6.07) is 6.80. The van der Waals surface area contributed by atoms with Crippen molar-refractivity contribution < 1.29 is 9.47 Å². The maximum Gasteiger partial charge on any atom is 0.231 e. The maximum absolute atomic E-state index is 5.54. The first kappa shape index (κ1) is 13.6. The summed E-state index contributed by atoms with van der Waals surface area (Å²) in [6.07, 6.45) is 0. The van der Waals surface area contributed by atoms with Gasteiger partial charge in [0.1, 0.15) is 0 Å². The third-order valence-electron chi connectivity index (χ3n) is 4.71. The highest BCUT2D eigenvalue weighted by Crippen LogP contribution is 2.39. The number of hydrogen-bond donors (Lipinski definition) is 0. The van der Waals surface area contributed by atoms with Crippen LogP contribution in [0, 0.1) is 6.92 Å². The molecular formula is C17H21N3O2. The minimum absolute atomic E-state index is 0.297. The standard InChI is InChI=1S/C17H21N3O2/c1-11-6-15(20-5-4-19(3)12(2)9-20)13-7-16-17(22-10-21-16)8-14(13)18-11/h6-8,12H,4-5,9-10H2,1-3H3. The zero-order valence-electron chi connectivity index (χ0n) is 13.3. The topological polar surface area (TPSA) is 37.8 Å². The molecule has 5 heteroatoms. The Balaban J connectivity index is 1.83. The molecule has 1 fully saturated rings. The number of anilines is 1. The number of fused-ring (bicyclic) bond motifs is 2. The Morgan fingerprint density at radius 2 is 1.91 bits per heavy atom. The number of rotatable bonds is 1. The summed E-state index contributed by atoms with van der Waals surface area (Å²) in [7, 11) is 2.19. The van der Waals surface area contributed by atoms with Crippen LogP contribution < -0.4 is 14.4 Å². The van der Waals surface area contributed by atoms with Crippen molar-refractivity contribution in [2.75, 3.05) is 38.4 Å². The molecule has 22 heavy (non-hydrogen) atoms. The molecule has 0 saturated carbocycles. The van der Waals surface area contributed by atoms with E-state index in [1.165, 1.54) is 5.69 Å². The SMILES string of the molecule is Cc1cc(N2CCN(C)C(C)C2)c2cc3c(cc2n1)OCO3. The van der Waals surface area contributed by atoms with Gasteiger partial charge in [0, 0.05) is 48.5 Å². The van der Waals surface area contributed by atoms with Crippen molar-refractivity contribution in [3.63, 3.8) is 0 Å². The Hall–Kier alpha value is -2.01. The van der Waals surface area contributed by atoms with Gasteiger partial charge in [-0.05, 0) is 33.0 Å². The van der Waals surface area contributed by atoms with Gasteiger partial charge < -0.3 is 19.3 Å². The zero-order valence-corrected chi connectivity index (χ0v) is 13.3. The lowest BCUT2D eigenvalue weighted by Crippen LogP contribution is -2.50. The lowest BCUT2D eigenvalue weighted by Gasteiger charge is -2.39. The molecule has 0 aliphatic carbocycles. The van der Waals surface area contributed by atoms with Gasteiger partial charge in [0.05, 0.1) is 5.52 Å². The molecule has 1 atom stereocenters. The van der Waals surface area contributed by atoms with E-state index in [0.717, 1.165) is 47.7 Å². The van der Waals surface area contributed by atoms with E-state index in [2.05, 4.69) is 40.9 Å². The Labute approximate surface area is 130 Å². The number of likely N-dealkylation sites (N-methyl/N-ethyl adjacent to an activating group) is 1. The second-order valence-electron chi connectivity index (χ2n) is 6.28. The van der Waals surface area contributed by atoms with Crippen LogP contribution in [0.4, 0.5) is 5.69 Å². The average Bonchev–Trinajstić information content (AvgIpc) is 2.94. The van der Waals surface area contributed by atoms with Crippen LogP contribution in [0.3, 0.4) is 0 Å². The number of aryl methyl sites for hydroxylation is 1. The van der Waals surface area contributed by atoms with E-state index < -0.39 is 0 Å². The van der Waals surface area contributed by atoms with Crippen LogP contribution in [0.5, 0.6) is 11.5 Å². The van der Waals surface area contributed by atoms with Crippen LogP contribution in [-0.4, -0.2) is 49.4 Å². The Morgan fingerprint density at radius 3 is 2.68 bits per heavy atom. The number of aromatic nitrogens is 1. The van der Waals surface area contributed by atoms with E-state index in [1.807, 2.05) is 13.0 Å². The van der Waals surface area contributed by atoms with Crippen LogP contribution in [-0.2, 0) is 0 Å². The van der Waals surface area contributed by atoms with Gasteiger partial charge in [-0.1, -0.05) is 0 Å². The molecule has 0 radical (unpaired) electrons. The summed E-state index contributed by atoms with van der Waals surface area (Å²) in [6.45, 7) is 7.77. The predicted octanol–water partition coefficient (Wildman–Crippen LogP) is 2.41. The minimum Gasteiger partial charge on any atom is -0.454 e. The fraction of sp³-hybridized carbons (Fsp3) is 0.471. The minimum atomic E-state index is 0.297. The van der Waals surface area contributed by atoms with Gasteiger partial charge in [0.2, 0.25) is 6.79 Å². The highest BCUT2D eigenvalue weighted by Gasteiger charge is 2.24. The molecular weight excluding hydrogens is 278 g/mol. The van der Waals surface area contributed by atoms with Crippen LogP contribution >= 0.6 is 0 Å². The highest BCUT2D eigenvalue weighted by molar-refractivity contribution is 5.94. The summed E-state index contributed by atoms with van der Waals surface area (Å²) >= 11 is 0. The molecule has 2 aliphatic heterocycles. The molecule has 1 saturated heterocycles. The van der Waals surface area contributed by atoms with Crippen LogP contribution in [0.1, 0.15) is 12.6 Å². The summed E-state index contributed by atoms with van der Waals surface area (Å²) < 4.78 is 11.0. The van der Waals surface area contributed by atoms with Gasteiger partial charge in [0.15, 0.2) is 11.5 Å². The van der Waals surface area contributed by atoms with Crippen LogP contribution in [0.2, 0.25) is 0 Å². The zero-order chi connectivity index (χ0) is 15.3. The molecule has 4 rings (SSSR count). The van der Waals surface area contributed by atoms with Crippen molar-refractivity contribution in [1.82, 2.24) is 9.88 Å². The molecule has 0 N–H and O–H groups in total. The number of hydrogen-bond acceptors (Lipinski definition) is 5. The van der Waals surface area contributed by atoms with E-state index in [9.17, 15) is 0 Å². The Bertz CT molecular complexity index is 731. The van der Waals surface area contributed by atoms with Crippen LogP contribution in [0.15, 0.2) is 18.2 Å². The van der Waals surface area contributed by atoms with E-state index in [0.29, 0.717) is 12.8 Å². The summed E-state index contributed by atoms with van der Waals surface area (Å²) in [4.78, 5) is 9.54. The molecule has 1 aromatic carbocycles. The Kier molecular flexibility index (Phi) is 3.11. The van der Waals surface area contributed by atoms with Crippen molar-refractivity contribution in [3.8, 4) is 11.5 Å². The normalized spacial score (nSPS) is 21.6. The number of benzene rings is 1. The number of pyridine rings is 1. The molecule has 2 aliphatic rings. The van der Waals surface area contributed by atoms with Gasteiger partial charge in [-0.25, -0.2) is 0 Å². The fourth-order valence-corrected chi connectivity index (χ4v) is 3.26. The van der Waals surface area contributed by atoms with E-state index >= 15 is 0 Å². The molecule has 5 nitrogen and oxygen atoms in total. The molecule has 3 heterocycles. The number of nitrogens with zero attached hydrogens (tertiary/aromatic N) is 3. The van der Waals surface area contributed by atoms with Gasteiger partial charge >= 0.3 is 0 Å². The smallest absolute Gasteiger partial charge is 0.231 e. The van der Waals surface area contributed by atoms with E-state index in [-0.39, 0.29) is 0 Å². The molecule has 0 spiro atoms. The maximum atomic E-state index is 5.54. The van der Waals surface area contributed by atoms with E-state index in [1.54, 1.807) is 0 Å².